The molecular formula is C14H16ClN3. The van der Waals surface area contributed by atoms with E-state index >= 15 is 0 Å². The van der Waals surface area contributed by atoms with Gasteiger partial charge >= 0.3 is 0 Å². The van der Waals surface area contributed by atoms with E-state index in [0.717, 1.165) is 29.2 Å². The van der Waals surface area contributed by atoms with Crippen LogP contribution in [0.1, 0.15) is 12.8 Å². The highest BCUT2D eigenvalue weighted by atomic mass is 35.5. The van der Waals surface area contributed by atoms with Gasteiger partial charge in [0.25, 0.3) is 0 Å². The molecule has 1 aromatic carbocycles. The van der Waals surface area contributed by atoms with Gasteiger partial charge in [0.2, 0.25) is 0 Å². The standard InChI is InChI=1S/C14H16ClN3/c15-13-4-1-3-11(7-13)12-8-17-18(9-12)10-14-5-2-6-16-14/h1,3-4,7-9,14,16H,2,5-6,10H2. The quantitative estimate of drug-likeness (QED) is 0.921. The van der Waals surface area contributed by atoms with E-state index in [2.05, 4.69) is 22.7 Å². The molecule has 1 aliphatic rings. The van der Waals surface area contributed by atoms with E-state index in [4.69, 9.17) is 11.6 Å². The van der Waals surface area contributed by atoms with E-state index < -0.39 is 0 Å². The molecule has 94 valence electrons. The highest BCUT2D eigenvalue weighted by Gasteiger charge is 2.14. The summed E-state index contributed by atoms with van der Waals surface area (Å²) in [6, 6.07) is 8.44. The first-order valence-corrected chi connectivity index (χ1v) is 6.71. The zero-order chi connectivity index (χ0) is 12.4. The molecule has 1 atom stereocenters. The molecule has 2 heterocycles. The van der Waals surface area contributed by atoms with Crippen molar-refractivity contribution in [1.82, 2.24) is 15.1 Å². The van der Waals surface area contributed by atoms with Crippen molar-refractivity contribution in [1.29, 1.82) is 0 Å². The monoisotopic (exact) mass is 261 g/mol. The van der Waals surface area contributed by atoms with Gasteiger partial charge in [0.1, 0.15) is 0 Å². The summed E-state index contributed by atoms with van der Waals surface area (Å²) in [5.41, 5.74) is 2.24. The molecule has 1 N–H and O–H groups in total. The number of nitrogens with one attached hydrogen (secondary N) is 1. The molecule has 3 nitrogen and oxygen atoms in total. The number of rotatable bonds is 3. The Bertz CT molecular complexity index is 529. The Kier molecular flexibility index (Phi) is 3.35. The highest BCUT2D eigenvalue weighted by Crippen LogP contribution is 2.22. The molecule has 0 aliphatic carbocycles. The molecule has 18 heavy (non-hydrogen) atoms. The van der Waals surface area contributed by atoms with Crippen molar-refractivity contribution in [2.24, 2.45) is 0 Å². The topological polar surface area (TPSA) is 29.9 Å². The van der Waals surface area contributed by atoms with E-state index in [1.54, 1.807) is 0 Å². The third kappa shape index (κ3) is 2.57. The molecule has 0 bridgehead atoms. The second-order valence-corrected chi connectivity index (χ2v) is 5.19. The van der Waals surface area contributed by atoms with Gasteiger partial charge in [0.05, 0.1) is 12.7 Å². The lowest BCUT2D eigenvalue weighted by atomic mass is 10.1. The highest BCUT2D eigenvalue weighted by molar-refractivity contribution is 6.30. The maximum Gasteiger partial charge on any atom is 0.0568 e. The molecule has 0 radical (unpaired) electrons. The fourth-order valence-corrected chi connectivity index (χ4v) is 2.61. The van der Waals surface area contributed by atoms with E-state index in [1.165, 1.54) is 12.8 Å². The van der Waals surface area contributed by atoms with Gasteiger partial charge in [0, 0.05) is 22.8 Å². The van der Waals surface area contributed by atoms with Crippen LogP contribution < -0.4 is 5.32 Å². The summed E-state index contributed by atoms with van der Waals surface area (Å²) in [6.07, 6.45) is 6.51. The summed E-state index contributed by atoms with van der Waals surface area (Å²) >= 11 is 6.00. The number of aromatic nitrogens is 2. The molecule has 1 aromatic heterocycles. The minimum Gasteiger partial charge on any atom is -0.312 e. The zero-order valence-electron chi connectivity index (χ0n) is 10.1. The van der Waals surface area contributed by atoms with Crippen LogP contribution in [-0.2, 0) is 6.54 Å². The summed E-state index contributed by atoms with van der Waals surface area (Å²) in [6.45, 7) is 2.08. The summed E-state index contributed by atoms with van der Waals surface area (Å²) in [5.74, 6) is 0. The number of nitrogens with zero attached hydrogens (tertiary/aromatic N) is 2. The van der Waals surface area contributed by atoms with E-state index in [-0.39, 0.29) is 0 Å². The fraction of sp³-hybridized carbons (Fsp3) is 0.357. The van der Waals surface area contributed by atoms with Gasteiger partial charge in [-0.1, -0.05) is 23.7 Å². The van der Waals surface area contributed by atoms with Crippen molar-refractivity contribution < 1.29 is 0 Å². The summed E-state index contributed by atoms with van der Waals surface area (Å²) in [7, 11) is 0. The van der Waals surface area contributed by atoms with Crippen LogP contribution in [0.2, 0.25) is 5.02 Å². The second-order valence-electron chi connectivity index (χ2n) is 4.75. The lowest BCUT2D eigenvalue weighted by Gasteiger charge is -2.09. The van der Waals surface area contributed by atoms with Crippen molar-refractivity contribution in [3.63, 3.8) is 0 Å². The third-order valence-electron chi connectivity index (χ3n) is 3.36. The van der Waals surface area contributed by atoms with Gasteiger partial charge in [0.15, 0.2) is 0 Å². The van der Waals surface area contributed by atoms with Crippen LogP contribution in [0.25, 0.3) is 11.1 Å². The van der Waals surface area contributed by atoms with Crippen LogP contribution in [0.5, 0.6) is 0 Å². The molecule has 3 rings (SSSR count). The molecule has 0 spiro atoms. The summed E-state index contributed by atoms with van der Waals surface area (Å²) in [4.78, 5) is 0. The average Bonchev–Trinajstić information content (AvgIpc) is 3.01. The smallest absolute Gasteiger partial charge is 0.0568 e. The van der Waals surface area contributed by atoms with Crippen LogP contribution in [0.4, 0.5) is 0 Å². The summed E-state index contributed by atoms with van der Waals surface area (Å²) in [5, 5.41) is 8.66. The second kappa shape index (κ2) is 5.12. The van der Waals surface area contributed by atoms with Crippen LogP contribution >= 0.6 is 11.6 Å². The van der Waals surface area contributed by atoms with Crippen molar-refractivity contribution in [3.8, 4) is 11.1 Å². The van der Waals surface area contributed by atoms with Crippen molar-refractivity contribution >= 4 is 11.6 Å². The Morgan fingerprint density at radius 3 is 3.11 bits per heavy atom. The molecule has 0 saturated carbocycles. The molecular weight excluding hydrogens is 246 g/mol. The van der Waals surface area contributed by atoms with E-state index in [9.17, 15) is 0 Å². The van der Waals surface area contributed by atoms with Crippen LogP contribution in [0, 0.1) is 0 Å². The average molecular weight is 262 g/mol. The van der Waals surface area contributed by atoms with Crippen molar-refractivity contribution in [3.05, 3.63) is 41.7 Å². The third-order valence-corrected chi connectivity index (χ3v) is 3.60. The number of hydrogen-bond donors (Lipinski definition) is 1. The van der Waals surface area contributed by atoms with Crippen molar-refractivity contribution in [2.45, 2.75) is 25.4 Å². The minimum absolute atomic E-state index is 0.567. The lowest BCUT2D eigenvalue weighted by Crippen LogP contribution is -2.26. The number of hydrogen-bond acceptors (Lipinski definition) is 2. The van der Waals surface area contributed by atoms with Crippen molar-refractivity contribution in [2.75, 3.05) is 6.54 Å². The minimum atomic E-state index is 0.567. The number of halogens is 1. The molecule has 2 aromatic rings. The Morgan fingerprint density at radius 1 is 1.39 bits per heavy atom. The molecule has 4 heteroatoms. The molecule has 0 amide bonds. The van der Waals surface area contributed by atoms with Crippen LogP contribution in [-0.4, -0.2) is 22.4 Å². The van der Waals surface area contributed by atoms with E-state index in [1.807, 2.05) is 29.1 Å². The first-order valence-electron chi connectivity index (χ1n) is 6.33. The maximum atomic E-state index is 6.00. The molecule has 1 unspecified atom stereocenters. The first kappa shape index (κ1) is 11.8. The Balaban J connectivity index is 1.76. The van der Waals surface area contributed by atoms with Gasteiger partial charge in [-0.15, -0.1) is 0 Å². The largest absolute Gasteiger partial charge is 0.312 e. The molecule has 1 aliphatic heterocycles. The van der Waals surface area contributed by atoms with Crippen LogP contribution in [0.3, 0.4) is 0 Å². The Morgan fingerprint density at radius 2 is 2.33 bits per heavy atom. The predicted octanol–water partition coefficient (Wildman–Crippen LogP) is 2.96. The van der Waals surface area contributed by atoms with Gasteiger partial charge in [-0.3, -0.25) is 4.68 Å². The van der Waals surface area contributed by atoms with Gasteiger partial charge < -0.3 is 5.32 Å². The van der Waals surface area contributed by atoms with E-state index in [0.29, 0.717) is 6.04 Å². The lowest BCUT2D eigenvalue weighted by molar-refractivity contribution is 0.476. The first-order chi connectivity index (χ1) is 8.81. The van der Waals surface area contributed by atoms with Gasteiger partial charge in [-0.25, -0.2) is 0 Å². The predicted molar refractivity (Wildman–Crippen MR) is 73.7 cm³/mol. The maximum absolute atomic E-state index is 6.00. The Labute approximate surface area is 112 Å². The zero-order valence-corrected chi connectivity index (χ0v) is 10.9. The Hall–Kier alpha value is -1.32. The fourth-order valence-electron chi connectivity index (χ4n) is 2.42. The van der Waals surface area contributed by atoms with Gasteiger partial charge in [-0.05, 0) is 37.1 Å². The van der Waals surface area contributed by atoms with Gasteiger partial charge in [-0.2, -0.15) is 5.10 Å². The normalized spacial score (nSPS) is 19.3. The van der Waals surface area contributed by atoms with Crippen LogP contribution in [0.15, 0.2) is 36.7 Å². The molecule has 1 saturated heterocycles. The SMILES string of the molecule is Clc1cccc(-c2cnn(CC3CCCN3)c2)c1. The molecule has 1 fully saturated rings. The summed E-state index contributed by atoms with van der Waals surface area (Å²) < 4.78 is 2.01. The number of benzene rings is 1.